The van der Waals surface area contributed by atoms with Crippen molar-refractivity contribution in [3.05, 3.63) is 48.7 Å². The van der Waals surface area contributed by atoms with Crippen molar-refractivity contribution in [2.24, 2.45) is 0 Å². The molecule has 0 atom stereocenters. The molecule has 0 aliphatic rings. The van der Waals surface area contributed by atoms with E-state index in [4.69, 9.17) is 0 Å². The zero-order valence-electron chi connectivity index (χ0n) is 11.3. The minimum Gasteiger partial charge on any atom is -0.392 e. The number of rotatable bonds is 6. The molecule has 1 heterocycles. The summed E-state index contributed by atoms with van der Waals surface area (Å²) in [6.45, 7) is 4.71. The van der Waals surface area contributed by atoms with E-state index in [1.54, 1.807) is 6.20 Å². The Morgan fingerprint density at radius 2 is 2.05 bits per heavy atom. The van der Waals surface area contributed by atoms with Crippen LogP contribution < -0.4 is 4.90 Å². The van der Waals surface area contributed by atoms with Gasteiger partial charge in [0.2, 0.25) is 0 Å². The Balaban J connectivity index is 2.35. The van der Waals surface area contributed by atoms with E-state index in [-0.39, 0.29) is 6.61 Å². The number of fused-ring (bicyclic) bond motifs is 1. The van der Waals surface area contributed by atoms with Gasteiger partial charge in [-0.15, -0.1) is 6.58 Å². The van der Waals surface area contributed by atoms with Gasteiger partial charge in [-0.3, -0.25) is 0 Å². The lowest BCUT2D eigenvalue weighted by atomic mass is 10.1. The summed E-state index contributed by atoms with van der Waals surface area (Å²) >= 11 is 0. The van der Waals surface area contributed by atoms with Crippen LogP contribution >= 0.6 is 0 Å². The van der Waals surface area contributed by atoms with E-state index in [0.717, 1.165) is 41.5 Å². The smallest absolute Gasteiger partial charge is 0.136 e. The van der Waals surface area contributed by atoms with E-state index in [2.05, 4.69) is 29.6 Å². The fourth-order valence-corrected chi connectivity index (χ4v) is 2.25. The second kappa shape index (κ2) is 6.34. The molecule has 0 saturated heterocycles. The SMILES string of the molecule is C=CCCCN(C)c1ncc(CO)c2ccccc12. The van der Waals surface area contributed by atoms with E-state index >= 15 is 0 Å². The lowest BCUT2D eigenvalue weighted by molar-refractivity contribution is 0.283. The third-order valence-electron chi connectivity index (χ3n) is 3.29. The number of allylic oxidation sites excluding steroid dienone is 1. The van der Waals surface area contributed by atoms with E-state index in [1.807, 2.05) is 24.3 Å². The molecule has 0 radical (unpaired) electrons. The van der Waals surface area contributed by atoms with Gasteiger partial charge in [0.05, 0.1) is 6.61 Å². The van der Waals surface area contributed by atoms with Crippen molar-refractivity contribution in [3.63, 3.8) is 0 Å². The minimum atomic E-state index is 0.0218. The lowest BCUT2D eigenvalue weighted by Crippen LogP contribution is -2.20. The number of anilines is 1. The predicted molar refractivity (Wildman–Crippen MR) is 80.4 cm³/mol. The first-order chi connectivity index (χ1) is 9.27. The topological polar surface area (TPSA) is 36.4 Å². The van der Waals surface area contributed by atoms with Crippen molar-refractivity contribution in [2.45, 2.75) is 19.4 Å². The summed E-state index contributed by atoms with van der Waals surface area (Å²) in [6, 6.07) is 8.08. The number of aliphatic hydroxyl groups excluding tert-OH is 1. The summed E-state index contributed by atoms with van der Waals surface area (Å²) < 4.78 is 0. The number of hydrogen-bond donors (Lipinski definition) is 1. The monoisotopic (exact) mass is 256 g/mol. The van der Waals surface area contributed by atoms with Crippen LogP contribution in [-0.2, 0) is 6.61 Å². The third kappa shape index (κ3) is 2.93. The van der Waals surface area contributed by atoms with Gasteiger partial charge in [-0.1, -0.05) is 30.3 Å². The highest BCUT2D eigenvalue weighted by molar-refractivity contribution is 5.94. The zero-order valence-corrected chi connectivity index (χ0v) is 11.3. The van der Waals surface area contributed by atoms with Crippen molar-refractivity contribution >= 4 is 16.6 Å². The molecule has 0 spiro atoms. The molecule has 2 rings (SSSR count). The van der Waals surface area contributed by atoms with Crippen LogP contribution in [0.3, 0.4) is 0 Å². The number of benzene rings is 1. The Morgan fingerprint density at radius 3 is 2.74 bits per heavy atom. The van der Waals surface area contributed by atoms with Crippen LogP contribution in [0.25, 0.3) is 10.8 Å². The standard InChI is InChI=1S/C16H20N2O/c1-3-4-7-10-18(2)16-15-9-6-5-8-14(15)13(12-19)11-17-16/h3,5-6,8-9,11,19H,1,4,7,10,12H2,2H3. The minimum absolute atomic E-state index is 0.0218. The van der Waals surface area contributed by atoms with Crippen LogP contribution in [0.4, 0.5) is 5.82 Å². The predicted octanol–water partition coefficient (Wildman–Crippen LogP) is 3.13. The summed E-state index contributed by atoms with van der Waals surface area (Å²) in [5, 5.41) is 11.5. The van der Waals surface area contributed by atoms with Gasteiger partial charge in [-0.05, 0) is 18.2 Å². The van der Waals surface area contributed by atoms with E-state index in [1.165, 1.54) is 0 Å². The molecule has 0 amide bonds. The first-order valence-electron chi connectivity index (χ1n) is 6.57. The third-order valence-corrected chi connectivity index (χ3v) is 3.29. The maximum atomic E-state index is 9.37. The van der Waals surface area contributed by atoms with Gasteiger partial charge in [0, 0.05) is 30.7 Å². The second-order valence-corrected chi connectivity index (χ2v) is 4.66. The average Bonchev–Trinajstić information content (AvgIpc) is 2.46. The summed E-state index contributed by atoms with van der Waals surface area (Å²) in [5.41, 5.74) is 0.874. The Bertz CT molecular complexity index is 566. The molecule has 2 aromatic rings. The Kier molecular flexibility index (Phi) is 4.53. The van der Waals surface area contributed by atoms with Crippen LogP contribution in [0.5, 0.6) is 0 Å². The van der Waals surface area contributed by atoms with Crippen LogP contribution in [0.2, 0.25) is 0 Å². The number of unbranched alkanes of at least 4 members (excludes halogenated alkanes) is 1. The Hall–Kier alpha value is -1.87. The molecule has 19 heavy (non-hydrogen) atoms. The molecule has 0 aliphatic heterocycles. The number of pyridine rings is 1. The van der Waals surface area contributed by atoms with Gasteiger partial charge in [0.15, 0.2) is 0 Å². The fourth-order valence-electron chi connectivity index (χ4n) is 2.25. The van der Waals surface area contributed by atoms with Crippen LogP contribution in [0, 0.1) is 0 Å². The molecular formula is C16H20N2O. The number of hydrogen-bond acceptors (Lipinski definition) is 3. The van der Waals surface area contributed by atoms with Gasteiger partial charge in [0.1, 0.15) is 5.82 Å². The van der Waals surface area contributed by atoms with E-state index in [9.17, 15) is 5.11 Å². The van der Waals surface area contributed by atoms with Crippen molar-refractivity contribution in [1.82, 2.24) is 4.98 Å². The average molecular weight is 256 g/mol. The molecule has 0 saturated carbocycles. The maximum absolute atomic E-state index is 9.37. The number of aliphatic hydroxyl groups is 1. The molecule has 1 N–H and O–H groups in total. The molecule has 0 unspecified atom stereocenters. The van der Waals surface area contributed by atoms with Crippen molar-refractivity contribution in [2.75, 3.05) is 18.5 Å². The number of nitrogens with zero attached hydrogens (tertiary/aromatic N) is 2. The highest BCUT2D eigenvalue weighted by atomic mass is 16.3. The summed E-state index contributed by atoms with van der Waals surface area (Å²) in [7, 11) is 2.05. The van der Waals surface area contributed by atoms with Gasteiger partial charge in [0.25, 0.3) is 0 Å². The molecule has 0 bridgehead atoms. The van der Waals surface area contributed by atoms with Gasteiger partial charge in [-0.2, -0.15) is 0 Å². The van der Waals surface area contributed by atoms with Crippen molar-refractivity contribution in [1.29, 1.82) is 0 Å². The molecule has 1 aromatic heterocycles. The molecule has 0 fully saturated rings. The van der Waals surface area contributed by atoms with Crippen LogP contribution in [0.1, 0.15) is 18.4 Å². The zero-order chi connectivity index (χ0) is 13.7. The summed E-state index contributed by atoms with van der Waals surface area (Å²) in [4.78, 5) is 6.66. The first-order valence-corrected chi connectivity index (χ1v) is 6.57. The summed E-state index contributed by atoms with van der Waals surface area (Å²) in [6.07, 6.45) is 5.78. The van der Waals surface area contributed by atoms with Crippen molar-refractivity contribution < 1.29 is 5.11 Å². The Morgan fingerprint density at radius 1 is 1.32 bits per heavy atom. The molecular weight excluding hydrogens is 236 g/mol. The van der Waals surface area contributed by atoms with Gasteiger partial charge < -0.3 is 10.0 Å². The summed E-state index contributed by atoms with van der Waals surface area (Å²) in [5.74, 6) is 0.969. The second-order valence-electron chi connectivity index (χ2n) is 4.66. The van der Waals surface area contributed by atoms with E-state index < -0.39 is 0 Å². The van der Waals surface area contributed by atoms with Crippen LogP contribution in [0.15, 0.2) is 43.1 Å². The van der Waals surface area contributed by atoms with Gasteiger partial charge >= 0.3 is 0 Å². The quantitative estimate of drug-likeness (QED) is 0.637. The highest BCUT2D eigenvalue weighted by Crippen LogP contribution is 2.26. The van der Waals surface area contributed by atoms with Crippen LogP contribution in [-0.4, -0.2) is 23.7 Å². The first kappa shape index (κ1) is 13.6. The normalized spacial score (nSPS) is 10.6. The fraction of sp³-hybridized carbons (Fsp3) is 0.312. The molecule has 100 valence electrons. The molecule has 3 heteroatoms. The van der Waals surface area contributed by atoms with E-state index in [0.29, 0.717) is 0 Å². The molecule has 0 aliphatic carbocycles. The number of aromatic nitrogens is 1. The highest BCUT2D eigenvalue weighted by Gasteiger charge is 2.09. The molecule has 3 nitrogen and oxygen atoms in total. The maximum Gasteiger partial charge on any atom is 0.136 e. The largest absolute Gasteiger partial charge is 0.392 e. The Labute approximate surface area is 114 Å². The lowest BCUT2D eigenvalue weighted by Gasteiger charge is -2.20. The van der Waals surface area contributed by atoms with Gasteiger partial charge in [-0.25, -0.2) is 4.98 Å². The van der Waals surface area contributed by atoms with Crippen molar-refractivity contribution in [3.8, 4) is 0 Å². The molecule has 1 aromatic carbocycles.